The van der Waals surface area contributed by atoms with Gasteiger partial charge in [-0.05, 0) is 43.9 Å². The van der Waals surface area contributed by atoms with Crippen LogP contribution in [0.5, 0.6) is 0 Å². The number of aromatic nitrogens is 2. The van der Waals surface area contributed by atoms with Gasteiger partial charge in [-0.3, -0.25) is 10.2 Å². The summed E-state index contributed by atoms with van der Waals surface area (Å²) in [4.78, 5) is 26.8. The molecule has 28 heavy (non-hydrogen) atoms. The first-order valence-electron chi connectivity index (χ1n) is 9.62. The maximum atomic E-state index is 12.6. The van der Waals surface area contributed by atoms with Gasteiger partial charge in [-0.2, -0.15) is 0 Å². The molecule has 2 aromatic heterocycles. The van der Waals surface area contributed by atoms with Crippen molar-refractivity contribution >= 4 is 34.0 Å². The van der Waals surface area contributed by atoms with Gasteiger partial charge in [0.15, 0.2) is 0 Å². The molecular weight excluding hydrogens is 370 g/mol. The van der Waals surface area contributed by atoms with Crippen molar-refractivity contribution in [2.24, 2.45) is 0 Å². The van der Waals surface area contributed by atoms with Crippen LogP contribution in [0.1, 0.15) is 18.9 Å². The minimum Gasteiger partial charge on any atom is -0.322 e. The fourth-order valence-electron chi connectivity index (χ4n) is 3.49. The number of benzene rings is 1. The van der Waals surface area contributed by atoms with Gasteiger partial charge in [-0.1, -0.05) is 12.1 Å². The van der Waals surface area contributed by atoms with Gasteiger partial charge in [-0.15, -0.1) is 11.3 Å². The van der Waals surface area contributed by atoms with Gasteiger partial charge in [0.25, 0.3) is 0 Å². The zero-order valence-corrected chi connectivity index (χ0v) is 17.3. The van der Waals surface area contributed by atoms with Crippen LogP contribution in [-0.2, 0) is 0 Å². The first-order valence-corrected chi connectivity index (χ1v) is 10.4. The van der Waals surface area contributed by atoms with E-state index in [2.05, 4.69) is 52.2 Å². The molecule has 0 aliphatic carbocycles. The van der Waals surface area contributed by atoms with E-state index in [-0.39, 0.29) is 6.03 Å². The van der Waals surface area contributed by atoms with Crippen molar-refractivity contribution in [3.05, 3.63) is 41.7 Å². The molecule has 2 amide bonds. The average molecular weight is 396 g/mol. The van der Waals surface area contributed by atoms with Crippen molar-refractivity contribution < 1.29 is 4.79 Å². The summed E-state index contributed by atoms with van der Waals surface area (Å²) in [6, 6.07) is 8.65. The van der Waals surface area contributed by atoms with Crippen LogP contribution in [0.25, 0.3) is 21.2 Å². The highest BCUT2D eigenvalue weighted by Gasteiger charge is 2.22. The first-order chi connectivity index (χ1) is 13.5. The number of pyridine rings is 1. The molecule has 146 valence electrons. The largest absolute Gasteiger partial charge is 0.323 e. The van der Waals surface area contributed by atoms with Gasteiger partial charge in [0, 0.05) is 50.0 Å². The van der Waals surface area contributed by atoms with E-state index >= 15 is 0 Å². The second-order valence-electron chi connectivity index (χ2n) is 7.42. The third-order valence-electron chi connectivity index (χ3n) is 5.19. The number of aryl methyl sites for hydroxylation is 1. The van der Waals surface area contributed by atoms with Crippen LogP contribution in [0.2, 0.25) is 0 Å². The van der Waals surface area contributed by atoms with E-state index in [0.29, 0.717) is 11.9 Å². The molecule has 4 rings (SSSR count). The highest BCUT2D eigenvalue weighted by molar-refractivity contribution is 7.15. The Kier molecular flexibility index (Phi) is 5.28. The van der Waals surface area contributed by atoms with Crippen molar-refractivity contribution in [3.8, 4) is 10.4 Å². The molecule has 0 radical (unpaired) electrons. The highest BCUT2D eigenvalue weighted by Crippen LogP contribution is 2.29. The predicted octanol–water partition coefficient (Wildman–Crippen LogP) is 4.22. The fraction of sp³-hybridized carbons (Fsp3) is 0.381. The lowest BCUT2D eigenvalue weighted by Crippen LogP contribution is -2.51. The van der Waals surface area contributed by atoms with E-state index in [1.165, 1.54) is 0 Å². The molecule has 3 aromatic rings. The lowest BCUT2D eigenvalue weighted by Gasteiger charge is -2.36. The SMILES string of the molecule is Cc1ncc(-c2ccc3cnc(NC(=O)N4CCN(C(C)C)CC4)cc3c2)s1. The van der Waals surface area contributed by atoms with Crippen LogP contribution in [0, 0.1) is 6.92 Å². The third-order valence-corrected chi connectivity index (χ3v) is 6.16. The summed E-state index contributed by atoms with van der Waals surface area (Å²) in [6.07, 6.45) is 3.71. The van der Waals surface area contributed by atoms with Crippen LogP contribution in [0.3, 0.4) is 0 Å². The summed E-state index contributed by atoms with van der Waals surface area (Å²) in [6.45, 7) is 9.70. The molecule has 3 heterocycles. The molecule has 0 bridgehead atoms. The summed E-state index contributed by atoms with van der Waals surface area (Å²) >= 11 is 1.68. The predicted molar refractivity (Wildman–Crippen MR) is 115 cm³/mol. The van der Waals surface area contributed by atoms with E-state index < -0.39 is 0 Å². The van der Waals surface area contributed by atoms with E-state index in [4.69, 9.17) is 0 Å². The second-order valence-corrected chi connectivity index (χ2v) is 8.66. The number of carbonyl (C=O) groups excluding carboxylic acids is 1. The molecule has 1 aromatic carbocycles. The Balaban J connectivity index is 1.49. The molecule has 1 N–H and O–H groups in total. The molecular formula is C21H25N5OS. The van der Waals surface area contributed by atoms with E-state index in [1.54, 1.807) is 11.3 Å². The molecule has 1 aliphatic heterocycles. The minimum atomic E-state index is -0.0792. The lowest BCUT2D eigenvalue weighted by molar-refractivity contribution is 0.125. The van der Waals surface area contributed by atoms with E-state index in [9.17, 15) is 4.79 Å². The van der Waals surface area contributed by atoms with Gasteiger partial charge in [0.05, 0.1) is 9.88 Å². The van der Waals surface area contributed by atoms with Crippen molar-refractivity contribution in [1.82, 2.24) is 19.8 Å². The van der Waals surface area contributed by atoms with Crippen LogP contribution in [0.15, 0.2) is 36.7 Å². The number of thiazole rings is 1. The fourth-order valence-corrected chi connectivity index (χ4v) is 4.26. The zero-order chi connectivity index (χ0) is 19.7. The number of amides is 2. The molecule has 0 unspecified atom stereocenters. The van der Waals surface area contributed by atoms with Crippen molar-refractivity contribution in [2.75, 3.05) is 31.5 Å². The van der Waals surface area contributed by atoms with E-state index in [0.717, 1.165) is 52.4 Å². The van der Waals surface area contributed by atoms with Crippen molar-refractivity contribution in [3.63, 3.8) is 0 Å². The molecule has 6 nitrogen and oxygen atoms in total. The summed E-state index contributed by atoms with van der Waals surface area (Å²) in [5, 5.41) is 6.11. The van der Waals surface area contributed by atoms with Crippen LogP contribution < -0.4 is 5.32 Å². The molecule has 0 atom stereocenters. The van der Waals surface area contributed by atoms with Gasteiger partial charge < -0.3 is 4.90 Å². The maximum Gasteiger partial charge on any atom is 0.323 e. The number of nitrogens with one attached hydrogen (secondary N) is 1. The number of piperazine rings is 1. The van der Waals surface area contributed by atoms with Crippen molar-refractivity contribution in [1.29, 1.82) is 0 Å². The number of fused-ring (bicyclic) bond motifs is 1. The molecule has 7 heteroatoms. The third kappa shape index (κ3) is 4.00. The second kappa shape index (κ2) is 7.85. The number of hydrogen-bond donors (Lipinski definition) is 1. The Hall–Kier alpha value is -2.51. The molecule has 0 spiro atoms. The Labute approximate surface area is 169 Å². The standard InChI is InChI=1S/C21H25N5OS/c1-14(2)25-6-8-26(9-7-25)21(27)24-20-11-18-10-16(4-5-17(18)12-23-20)19-13-22-15(3)28-19/h4-5,10-14H,6-9H2,1-3H3,(H,23,24,27). The van der Waals surface area contributed by atoms with Crippen LogP contribution in [-0.4, -0.2) is 58.0 Å². The van der Waals surface area contributed by atoms with Crippen LogP contribution >= 0.6 is 11.3 Å². The van der Waals surface area contributed by atoms with E-state index in [1.807, 2.05) is 30.3 Å². The Bertz CT molecular complexity index is 991. The number of carbonyl (C=O) groups is 1. The molecule has 1 aliphatic rings. The normalized spacial score (nSPS) is 15.4. The Morgan fingerprint density at radius 1 is 1.07 bits per heavy atom. The molecule has 1 saturated heterocycles. The number of rotatable bonds is 3. The highest BCUT2D eigenvalue weighted by atomic mass is 32.1. The number of anilines is 1. The monoisotopic (exact) mass is 395 g/mol. The van der Waals surface area contributed by atoms with Crippen LogP contribution in [0.4, 0.5) is 10.6 Å². The number of nitrogens with zero attached hydrogens (tertiary/aromatic N) is 4. The van der Waals surface area contributed by atoms with Gasteiger partial charge >= 0.3 is 6.03 Å². The molecule has 1 fully saturated rings. The topological polar surface area (TPSA) is 61.4 Å². The summed E-state index contributed by atoms with van der Waals surface area (Å²) in [7, 11) is 0. The summed E-state index contributed by atoms with van der Waals surface area (Å²) in [5.41, 5.74) is 1.13. The summed E-state index contributed by atoms with van der Waals surface area (Å²) < 4.78 is 0. The average Bonchev–Trinajstić information content (AvgIpc) is 3.14. The number of hydrogen-bond acceptors (Lipinski definition) is 5. The van der Waals surface area contributed by atoms with Gasteiger partial charge in [-0.25, -0.2) is 14.8 Å². The Morgan fingerprint density at radius 2 is 1.86 bits per heavy atom. The maximum absolute atomic E-state index is 12.6. The zero-order valence-electron chi connectivity index (χ0n) is 16.5. The minimum absolute atomic E-state index is 0.0792. The lowest BCUT2D eigenvalue weighted by atomic mass is 10.1. The van der Waals surface area contributed by atoms with Gasteiger partial charge in [0.2, 0.25) is 0 Å². The van der Waals surface area contributed by atoms with Crippen molar-refractivity contribution in [2.45, 2.75) is 26.8 Å². The first kappa shape index (κ1) is 18.8. The number of urea groups is 1. The Morgan fingerprint density at radius 3 is 2.54 bits per heavy atom. The summed E-state index contributed by atoms with van der Waals surface area (Å²) in [5.74, 6) is 0.585. The smallest absolute Gasteiger partial charge is 0.322 e. The molecule has 0 saturated carbocycles. The van der Waals surface area contributed by atoms with Gasteiger partial charge in [0.1, 0.15) is 5.82 Å². The quantitative estimate of drug-likeness (QED) is 0.721.